The van der Waals surface area contributed by atoms with Crippen molar-refractivity contribution in [3.63, 3.8) is 0 Å². The van der Waals surface area contributed by atoms with E-state index in [1.165, 1.54) is 19.2 Å². The van der Waals surface area contributed by atoms with E-state index >= 15 is 0 Å². The fourth-order valence-corrected chi connectivity index (χ4v) is 3.23. The van der Waals surface area contributed by atoms with Gasteiger partial charge >= 0.3 is 5.97 Å². The number of hydrogen-bond donors (Lipinski definition) is 1. The van der Waals surface area contributed by atoms with Crippen molar-refractivity contribution in [2.45, 2.75) is 26.2 Å². The Kier molecular flexibility index (Phi) is 5.46. The summed E-state index contributed by atoms with van der Waals surface area (Å²) in [5.74, 6) is -0.474. The summed E-state index contributed by atoms with van der Waals surface area (Å²) in [7, 11) is 1.27. The van der Waals surface area contributed by atoms with Crippen molar-refractivity contribution in [1.82, 2.24) is 5.43 Å². The quantitative estimate of drug-likeness (QED) is 0.472. The molecule has 0 unspecified atom stereocenters. The number of hydrazone groups is 1. The summed E-state index contributed by atoms with van der Waals surface area (Å²) in [6, 6.07) is 3.74. The first-order valence-corrected chi connectivity index (χ1v) is 8.73. The van der Waals surface area contributed by atoms with E-state index in [2.05, 4.69) is 10.5 Å². The number of carbonyl (C=O) groups is 2. The highest BCUT2D eigenvalue weighted by Gasteiger charge is 2.28. The van der Waals surface area contributed by atoms with E-state index < -0.39 is 16.8 Å². The third-order valence-electron chi connectivity index (χ3n) is 4.39. The third kappa shape index (κ3) is 3.61. The predicted molar refractivity (Wildman–Crippen MR) is 99.8 cm³/mol. The number of aryl methyl sites for hydroxylation is 1. The van der Waals surface area contributed by atoms with Crippen LogP contribution in [-0.4, -0.2) is 29.6 Å². The number of rotatable bonds is 4. The van der Waals surface area contributed by atoms with Crippen LogP contribution in [-0.2, 0) is 11.2 Å². The average Bonchev–Trinajstić information content (AvgIpc) is 3.03. The molecule has 0 bridgehead atoms. The van der Waals surface area contributed by atoms with Crippen LogP contribution in [0.4, 0.5) is 5.69 Å². The van der Waals surface area contributed by atoms with Gasteiger partial charge in [0.1, 0.15) is 10.8 Å². The number of ether oxygens (including phenoxy) is 1. The maximum Gasteiger partial charge on any atom is 0.374 e. The Morgan fingerprint density at radius 2 is 2.11 bits per heavy atom. The Hall–Kier alpha value is -3.20. The Bertz CT molecular complexity index is 1010. The summed E-state index contributed by atoms with van der Waals surface area (Å²) in [6.45, 7) is 1.72. The molecule has 1 amide bonds. The number of nitro groups is 1. The fraction of sp³-hybridized carbons (Fsp3) is 0.278. The Balaban J connectivity index is 1.88. The van der Waals surface area contributed by atoms with Crippen LogP contribution < -0.4 is 5.43 Å². The summed E-state index contributed by atoms with van der Waals surface area (Å²) in [5, 5.41) is 15.1. The number of hydrogen-bond acceptors (Lipinski definition) is 7. The summed E-state index contributed by atoms with van der Waals surface area (Å²) < 4.78 is 10.3. The number of nitro benzene ring substituents is 1. The molecule has 0 fully saturated rings. The lowest BCUT2D eigenvalue weighted by Gasteiger charge is -2.13. The molecule has 1 aromatic carbocycles. The number of methoxy groups -OCH3 is 1. The number of benzene rings is 1. The monoisotopic (exact) mass is 405 g/mol. The van der Waals surface area contributed by atoms with Gasteiger partial charge in [0.15, 0.2) is 0 Å². The first-order chi connectivity index (χ1) is 13.3. The van der Waals surface area contributed by atoms with E-state index in [9.17, 15) is 19.7 Å². The van der Waals surface area contributed by atoms with Gasteiger partial charge in [-0.1, -0.05) is 11.6 Å². The summed E-state index contributed by atoms with van der Waals surface area (Å²) in [4.78, 5) is 34.5. The zero-order valence-electron chi connectivity index (χ0n) is 15.1. The first kappa shape index (κ1) is 19.6. The SMILES string of the molecule is COC(=O)c1oc2c(c1C)/C(=N/NC(=O)c1ccc(Cl)c([N+](=O)[O-])c1)CCC2. The van der Waals surface area contributed by atoms with Gasteiger partial charge in [0, 0.05) is 29.2 Å². The van der Waals surface area contributed by atoms with Gasteiger partial charge in [-0.15, -0.1) is 0 Å². The van der Waals surface area contributed by atoms with Crippen LogP contribution in [0, 0.1) is 17.0 Å². The number of amides is 1. The minimum Gasteiger partial charge on any atom is -0.463 e. The second kappa shape index (κ2) is 7.81. The van der Waals surface area contributed by atoms with Crippen LogP contribution in [0.15, 0.2) is 27.7 Å². The summed E-state index contributed by atoms with van der Waals surface area (Å²) in [6.07, 6.45) is 1.96. The molecule has 28 heavy (non-hydrogen) atoms. The molecule has 0 radical (unpaired) electrons. The largest absolute Gasteiger partial charge is 0.463 e. The molecule has 3 rings (SSSR count). The van der Waals surface area contributed by atoms with Crippen LogP contribution in [0.25, 0.3) is 0 Å². The Morgan fingerprint density at radius 3 is 2.79 bits per heavy atom. The lowest BCUT2D eigenvalue weighted by molar-refractivity contribution is -0.384. The number of nitrogens with one attached hydrogen (secondary N) is 1. The lowest BCUT2D eigenvalue weighted by atomic mass is 9.93. The van der Waals surface area contributed by atoms with E-state index in [1.54, 1.807) is 6.92 Å². The molecule has 2 aromatic rings. The number of carbonyl (C=O) groups excluding carboxylic acids is 2. The number of fused-ring (bicyclic) bond motifs is 1. The van der Waals surface area contributed by atoms with Gasteiger partial charge in [0.25, 0.3) is 11.6 Å². The van der Waals surface area contributed by atoms with Crippen LogP contribution >= 0.6 is 11.6 Å². The number of halogens is 1. The minimum absolute atomic E-state index is 0.0515. The maximum atomic E-state index is 12.3. The zero-order valence-corrected chi connectivity index (χ0v) is 15.8. The molecular weight excluding hydrogens is 390 g/mol. The summed E-state index contributed by atoms with van der Waals surface area (Å²) in [5.41, 5.74) is 3.92. The average molecular weight is 406 g/mol. The van der Waals surface area contributed by atoms with Crippen LogP contribution in [0.2, 0.25) is 5.02 Å². The second-order valence-corrected chi connectivity index (χ2v) is 6.53. The van der Waals surface area contributed by atoms with E-state index in [-0.39, 0.29) is 22.0 Å². The van der Waals surface area contributed by atoms with Crippen molar-refractivity contribution in [2.75, 3.05) is 7.11 Å². The van der Waals surface area contributed by atoms with Crippen molar-refractivity contribution >= 4 is 34.9 Å². The molecule has 9 nitrogen and oxygen atoms in total. The molecule has 0 saturated heterocycles. The summed E-state index contributed by atoms with van der Waals surface area (Å²) >= 11 is 5.76. The molecule has 146 valence electrons. The number of furan rings is 1. The molecule has 0 aliphatic heterocycles. The third-order valence-corrected chi connectivity index (χ3v) is 4.71. The molecular formula is C18H16ClN3O6. The second-order valence-electron chi connectivity index (χ2n) is 6.12. The van der Waals surface area contributed by atoms with Crippen LogP contribution in [0.3, 0.4) is 0 Å². The fourth-order valence-electron chi connectivity index (χ4n) is 3.04. The molecule has 1 N–H and O–H groups in total. The lowest BCUT2D eigenvalue weighted by Crippen LogP contribution is -2.22. The van der Waals surface area contributed by atoms with Gasteiger partial charge in [0.2, 0.25) is 5.76 Å². The molecule has 10 heteroatoms. The van der Waals surface area contributed by atoms with E-state index in [1.807, 2.05) is 0 Å². The van der Waals surface area contributed by atoms with E-state index in [4.69, 9.17) is 20.8 Å². The Labute approximate surface area is 164 Å². The predicted octanol–water partition coefficient (Wildman–Crippen LogP) is 3.41. The first-order valence-electron chi connectivity index (χ1n) is 8.35. The zero-order chi connectivity index (χ0) is 20.4. The van der Waals surface area contributed by atoms with Gasteiger partial charge in [0.05, 0.1) is 17.7 Å². The van der Waals surface area contributed by atoms with Crippen molar-refractivity contribution in [3.8, 4) is 0 Å². The highest BCUT2D eigenvalue weighted by molar-refractivity contribution is 6.32. The van der Waals surface area contributed by atoms with Gasteiger partial charge in [-0.05, 0) is 31.9 Å². The van der Waals surface area contributed by atoms with Crippen molar-refractivity contribution < 1.29 is 23.7 Å². The number of esters is 1. The van der Waals surface area contributed by atoms with Crippen molar-refractivity contribution in [3.05, 3.63) is 61.5 Å². The molecule has 1 aromatic heterocycles. The standard InChI is InChI=1S/C18H16ClN3O6/c1-9-15-12(4-3-5-14(15)28-16(9)18(24)27-2)20-21-17(23)10-6-7-11(19)13(8-10)22(25)26/h6-8H,3-5H2,1-2H3,(H,21,23)/b20-12+. The molecule has 1 heterocycles. The highest BCUT2D eigenvalue weighted by atomic mass is 35.5. The molecule has 0 atom stereocenters. The van der Waals surface area contributed by atoms with E-state index in [0.29, 0.717) is 35.4 Å². The van der Waals surface area contributed by atoms with Crippen LogP contribution in [0.1, 0.15) is 50.6 Å². The highest BCUT2D eigenvalue weighted by Crippen LogP contribution is 2.30. The molecule has 0 saturated carbocycles. The smallest absolute Gasteiger partial charge is 0.374 e. The topological polar surface area (TPSA) is 124 Å². The molecule has 1 aliphatic rings. The normalized spacial score (nSPS) is 14.5. The van der Waals surface area contributed by atoms with E-state index in [0.717, 1.165) is 12.5 Å². The minimum atomic E-state index is -0.665. The van der Waals surface area contributed by atoms with Gasteiger partial charge in [-0.2, -0.15) is 5.10 Å². The maximum absolute atomic E-state index is 12.3. The van der Waals surface area contributed by atoms with Crippen LogP contribution in [0.5, 0.6) is 0 Å². The Morgan fingerprint density at radius 1 is 1.36 bits per heavy atom. The van der Waals surface area contributed by atoms with Crippen molar-refractivity contribution in [1.29, 1.82) is 0 Å². The number of nitrogens with zero attached hydrogens (tertiary/aromatic N) is 2. The van der Waals surface area contributed by atoms with Gasteiger partial charge in [-0.3, -0.25) is 14.9 Å². The van der Waals surface area contributed by atoms with Gasteiger partial charge < -0.3 is 9.15 Å². The molecule has 0 spiro atoms. The molecule has 1 aliphatic carbocycles. The van der Waals surface area contributed by atoms with Crippen molar-refractivity contribution in [2.24, 2.45) is 5.10 Å². The van der Waals surface area contributed by atoms with Gasteiger partial charge in [-0.25, -0.2) is 10.2 Å².